The largest absolute Gasteiger partial charge is 0.479 e. The molecule has 396 valence electrons. The second-order valence-electron chi connectivity index (χ2n) is 19.1. The molecule has 22 heteroatoms. The lowest BCUT2D eigenvalue weighted by atomic mass is 9.91. The number of imide groups is 1. The van der Waals surface area contributed by atoms with Crippen LogP contribution in [-0.2, 0) is 44.8 Å². The van der Waals surface area contributed by atoms with Gasteiger partial charge in [-0.25, -0.2) is 14.2 Å². The first-order chi connectivity index (χ1) is 35.3. The van der Waals surface area contributed by atoms with Crippen molar-refractivity contribution in [3.8, 4) is 5.75 Å². The summed E-state index contributed by atoms with van der Waals surface area (Å²) in [5.74, 6) is -4.57. The van der Waals surface area contributed by atoms with Gasteiger partial charge in [0.15, 0.2) is 25.0 Å². The number of benzene rings is 2. The van der Waals surface area contributed by atoms with E-state index in [4.69, 9.17) is 14.2 Å². The maximum Gasteiger partial charge on any atom is 0.407 e. The van der Waals surface area contributed by atoms with Crippen LogP contribution in [0.15, 0.2) is 91.3 Å². The van der Waals surface area contributed by atoms with Crippen LogP contribution in [0.4, 0.5) is 10.5 Å². The number of carbonyl (C=O) groups is 8. The smallest absolute Gasteiger partial charge is 0.407 e. The van der Waals surface area contributed by atoms with E-state index in [0.29, 0.717) is 34.1 Å². The van der Waals surface area contributed by atoms with Gasteiger partial charge in [0, 0.05) is 73.6 Å². The number of aromatic nitrogens is 1. The molecule has 8 N–H and O–H groups in total. The number of unbranched alkanes of at least 4 members (excludes halogenated alkanes) is 1. The summed E-state index contributed by atoms with van der Waals surface area (Å²) in [4.78, 5) is 104. The number of amides is 7. The van der Waals surface area contributed by atoms with E-state index < -0.39 is 84.6 Å². The number of rotatable bonds is 21. The Morgan fingerprint density at radius 3 is 2.27 bits per heavy atom. The highest BCUT2D eigenvalue weighted by atomic mass is 16.7. The van der Waals surface area contributed by atoms with E-state index in [1.165, 1.54) is 18.2 Å². The standard InChI is InChI=1S/C52H63N7O15/c1-52(2,3)74-51(71)55-29-37(59-41(62)18-19-42(59)63)47(67)54-24-20-40(61)56-36-28-34(14-16-38(36)72-50-45(66)43(64)44(65)46(73-50)49(69)70)31-57-25-9-11-33(30-57)15-17-39(60)53-23-8-7-10-32-21-26-58(27-22-32)48(68)35-12-5-4-6-13-35/h4-6,9,11-19,25,28,30,32,37,43-46,50,64-66H,7-8,10,20-24,26-27,29,31H2,1-3H3,(H4-,53,54,55,56,60,61,67,69,70,71)/p+1/b17-15+/t37-,43-,44-,45+,46-,50+/m0/s1. The van der Waals surface area contributed by atoms with Gasteiger partial charge in [0.25, 0.3) is 17.7 Å². The molecular weight excluding hydrogens is 963 g/mol. The van der Waals surface area contributed by atoms with Gasteiger partial charge in [-0.2, -0.15) is 0 Å². The molecule has 1 aromatic heterocycles. The highest BCUT2D eigenvalue weighted by Crippen LogP contribution is 2.31. The molecule has 22 nitrogen and oxygen atoms in total. The number of likely N-dealkylation sites (tertiary alicyclic amines) is 1. The first-order valence-electron chi connectivity index (χ1n) is 24.4. The van der Waals surface area contributed by atoms with Crippen molar-refractivity contribution in [1.82, 2.24) is 25.8 Å². The summed E-state index contributed by atoms with van der Waals surface area (Å²) in [6, 6.07) is 15.9. The van der Waals surface area contributed by atoms with Gasteiger partial charge in [-0.1, -0.05) is 31.0 Å². The highest BCUT2D eigenvalue weighted by molar-refractivity contribution is 6.15. The van der Waals surface area contributed by atoms with Crippen molar-refractivity contribution in [2.24, 2.45) is 5.92 Å². The summed E-state index contributed by atoms with van der Waals surface area (Å²) < 4.78 is 18.1. The van der Waals surface area contributed by atoms with Gasteiger partial charge < -0.3 is 60.8 Å². The average Bonchev–Trinajstić information content (AvgIpc) is 3.69. The quantitative estimate of drug-likeness (QED) is 0.0324. The zero-order chi connectivity index (χ0) is 53.5. The lowest BCUT2D eigenvalue weighted by molar-refractivity contribution is -0.688. The van der Waals surface area contributed by atoms with Gasteiger partial charge in [0.2, 0.25) is 24.0 Å². The summed E-state index contributed by atoms with van der Waals surface area (Å²) in [6.07, 6.45) is 2.36. The molecule has 6 rings (SSSR count). The molecule has 6 atom stereocenters. The van der Waals surface area contributed by atoms with Crippen molar-refractivity contribution >= 4 is 59.3 Å². The Labute approximate surface area is 427 Å². The van der Waals surface area contributed by atoms with Crippen molar-refractivity contribution in [3.05, 3.63) is 108 Å². The summed E-state index contributed by atoms with van der Waals surface area (Å²) in [5, 5.41) is 51.4. The number of carbonyl (C=O) groups excluding carboxylic acids is 7. The molecule has 0 saturated carbocycles. The number of pyridine rings is 1. The number of aliphatic hydroxyl groups excluding tert-OH is 3. The number of anilines is 1. The van der Waals surface area contributed by atoms with E-state index in [1.807, 2.05) is 41.3 Å². The maximum atomic E-state index is 13.5. The third-order valence-corrected chi connectivity index (χ3v) is 12.3. The molecule has 3 aliphatic rings. The first-order valence-corrected chi connectivity index (χ1v) is 24.4. The second kappa shape index (κ2) is 25.9. The lowest BCUT2D eigenvalue weighted by Gasteiger charge is -2.38. The topological polar surface area (TPSA) is 304 Å². The number of nitrogens with zero attached hydrogens (tertiary/aromatic N) is 3. The van der Waals surface area contributed by atoms with E-state index in [2.05, 4.69) is 21.3 Å². The number of ether oxygens (including phenoxy) is 3. The van der Waals surface area contributed by atoms with Crippen LogP contribution < -0.4 is 30.6 Å². The number of hydrogen-bond donors (Lipinski definition) is 8. The van der Waals surface area contributed by atoms with E-state index in [1.54, 1.807) is 55.9 Å². The molecule has 2 aromatic carbocycles. The molecule has 3 aliphatic heterocycles. The van der Waals surface area contributed by atoms with Crippen molar-refractivity contribution < 1.29 is 77.6 Å². The zero-order valence-corrected chi connectivity index (χ0v) is 41.4. The third kappa shape index (κ3) is 16.0. The summed E-state index contributed by atoms with van der Waals surface area (Å²) in [6.45, 7) is 6.25. The molecule has 7 amide bonds. The van der Waals surface area contributed by atoms with Crippen LogP contribution in [0, 0.1) is 5.92 Å². The molecule has 2 fully saturated rings. The van der Waals surface area contributed by atoms with Gasteiger partial charge in [-0.05, 0) is 88.4 Å². The Morgan fingerprint density at radius 2 is 1.58 bits per heavy atom. The van der Waals surface area contributed by atoms with Crippen LogP contribution in [0.3, 0.4) is 0 Å². The predicted molar refractivity (Wildman–Crippen MR) is 263 cm³/mol. The van der Waals surface area contributed by atoms with Crippen LogP contribution in [0.2, 0.25) is 0 Å². The molecule has 0 aliphatic carbocycles. The van der Waals surface area contributed by atoms with Crippen LogP contribution in [0.25, 0.3) is 6.08 Å². The first kappa shape index (κ1) is 55.8. The predicted octanol–water partition coefficient (Wildman–Crippen LogP) is 1.41. The number of carboxylic acids is 1. The summed E-state index contributed by atoms with van der Waals surface area (Å²) in [5.41, 5.74) is 1.11. The van der Waals surface area contributed by atoms with Crippen LogP contribution >= 0.6 is 0 Å². The Balaban J connectivity index is 1.04. The minimum atomic E-state index is -1.99. The van der Waals surface area contributed by atoms with Crippen molar-refractivity contribution in [3.63, 3.8) is 0 Å². The fourth-order valence-corrected chi connectivity index (χ4v) is 8.43. The number of piperidine rings is 1. The Morgan fingerprint density at radius 1 is 0.865 bits per heavy atom. The number of aliphatic carboxylic acids is 1. The molecule has 3 aromatic rings. The van der Waals surface area contributed by atoms with Gasteiger partial charge >= 0.3 is 12.1 Å². The minimum Gasteiger partial charge on any atom is -0.479 e. The van der Waals surface area contributed by atoms with Crippen LogP contribution in [-0.4, -0.2) is 153 Å². The molecule has 2 saturated heterocycles. The van der Waals surface area contributed by atoms with Crippen molar-refractivity contribution in [2.75, 3.05) is 38.0 Å². The fourth-order valence-electron chi connectivity index (χ4n) is 8.43. The number of hydrogen-bond acceptors (Lipinski definition) is 14. The van der Waals surface area contributed by atoms with E-state index in [-0.39, 0.29) is 42.8 Å². The van der Waals surface area contributed by atoms with E-state index >= 15 is 0 Å². The van der Waals surface area contributed by atoms with Crippen LogP contribution in [0.1, 0.15) is 80.8 Å². The molecule has 0 bridgehead atoms. The number of carboxylic acid groups (broad SMARTS) is 1. The van der Waals surface area contributed by atoms with Crippen molar-refractivity contribution in [2.45, 2.75) is 108 Å². The maximum absolute atomic E-state index is 13.5. The summed E-state index contributed by atoms with van der Waals surface area (Å²) >= 11 is 0. The molecule has 0 unspecified atom stereocenters. The summed E-state index contributed by atoms with van der Waals surface area (Å²) in [7, 11) is 0. The Kier molecular flexibility index (Phi) is 19.5. The SMILES string of the molecule is CC(C)(C)OC(=O)NC[C@@H](C(=O)NCCC(=O)Nc1cc(C[n+]2cccc(/C=C/C(=O)NCCCCC3CCN(C(=O)c4ccccc4)CC3)c2)ccc1O[C@@H]1O[C@H](C(=O)O)[C@@H](O)[C@H](O)[C@H]1O)N1C(=O)C=CC1=O. The third-order valence-electron chi connectivity index (χ3n) is 12.3. The lowest BCUT2D eigenvalue weighted by Crippen LogP contribution is -2.61. The van der Waals surface area contributed by atoms with E-state index in [9.17, 15) is 58.8 Å². The fraction of sp³-hybridized carbons (Fsp3) is 0.442. The number of nitrogens with one attached hydrogen (secondary N) is 4. The average molecular weight is 1030 g/mol. The van der Waals surface area contributed by atoms with Gasteiger partial charge in [0.1, 0.15) is 35.7 Å². The molecule has 0 radical (unpaired) electrons. The van der Waals surface area contributed by atoms with Crippen molar-refractivity contribution in [1.29, 1.82) is 0 Å². The zero-order valence-electron chi connectivity index (χ0n) is 41.4. The van der Waals surface area contributed by atoms with E-state index in [0.717, 1.165) is 57.3 Å². The normalized spacial score (nSPS) is 20.5. The van der Waals surface area contributed by atoms with Gasteiger partial charge in [0.05, 0.1) is 12.2 Å². The molecule has 74 heavy (non-hydrogen) atoms. The monoisotopic (exact) mass is 1030 g/mol. The second-order valence-corrected chi connectivity index (χ2v) is 19.1. The minimum absolute atomic E-state index is 0.00471. The van der Waals surface area contributed by atoms with Gasteiger partial charge in [-0.15, -0.1) is 0 Å². The van der Waals surface area contributed by atoms with Gasteiger partial charge in [-0.3, -0.25) is 33.7 Å². The number of alkyl carbamates (subject to hydrolysis) is 1. The Hall–Kier alpha value is -7.53. The highest BCUT2D eigenvalue weighted by Gasteiger charge is 2.48. The number of aliphatic hydroxyl groups is 3. The Bertz CT molecular complexity index is 2560. The molecular formula is C52H64N7O15+. The molecule has 4 heterocycles. The molecule has 0 spiro atoms. The van der Waals surface area contributed by atoms with Crippen LogP contribution in [0.5, 0.6) is 5.75 Å².